The van der Waals surface area contributed by atoms with Crippen LogP contribution in [0.5, 0.6) is 0 Å². The second-order valence-corrected chi connectivity index (χ2v) is 6.31. The molecule has 20 heavy (non-hydrogen) atoms. The van der Waals surface area contributed by atoms with E-state index < -0.39 is 0 Å². The number of rotatable bonds is 0. The lowest BCUT2D eigenvalue weighted by Gasteiger charge is -2.48. The molecular formula is C17H24N2O. The molecule has 0 fully saturated rings. The van der Waals surface area contributed by atoms with Crippen molar-refractivity contribution in [1.29, 1.82) is 0 Å². The number of likely N-dealkylation sites (N-methyl/N-ethyl adjacent to an activating group) is 2. The van der Waals surface area contributed by atoms with Crippen molar-refractivity contribution in [3.63, 3.8) is 0 Å². The Labute approximate surface area is 121 Å². The predicted molar refractivity (Wildman–Crippen MR) is 80.9 cm³/mol. The van der Waals surface area contributed by atoms with Crippen LogP contribution >= 0.6 is 0 Å². The lowest BCUT2D eigenvalue weighted by Crippen LogP contribution is -2.52. The van der Waals surface area contributed by atoms with Crippen LogP contribution in [0.25, 0.3) is 0 Å². The number of fused-ring (bicyclic) bond motifs is 1. The van der Waals surface area contributed by atoms with Crippen molar-refractivity contribution in [1.82, 2.24) is 9.80 Å². The average Bonchev–Trinajstić information content (AvgIpc) is 2.46. The lowest BCUT2D eigenvalue weighted by molar-refractivity contribution is -0.114. The minimum atomic E-state index is 0.0862. The summed E-state index contributed by atoms with van der Waals surface area (Å²) in [6.07, 6.45) is 4.45. The monoisotopic (exact) mass is 272 g/mol. The Morgan fingerprint density at radius 2 is 1.60 bits per heavy atom. The fourth-order valence-corrected chi connectivity index (χ4v) is 3.88. The summed E-state index contributed by atoms with van der Waals surface area (Å²) in [5.41, 5.74) is 7.06. The zero-order valence-electron chi connectivity index (χ0n) is 13.2. The Balaban J connectivity index is 2.20. The van der Waals surface area contributed by atoms with Gasteiger partial charge < -0.3 is 9.80 Å². The zero-order valence-corrected chi connectivity index (χ0v) is 13.2. The highest BCUT2D eigenvalue weighted by molar-refractivity contribution is 6.11. The third-order valence-corrected chi connectivity index (χ3v) is 5.41. The van der Waals surface area contributed by atoms with E-state index in [0.717, 1.165) is 30.4 Å². The van der Waals surface area contributed by atoms with Crippen molar-refractivity contribution in [3.8, 4) is 0 Å². The summed E-state index contributed by atoms with van der Waals surface area (Å²) >= 11 is 0. The first kappa shape index (κ1) is 13.5. The Morgan fingerprint density at radius 3 is 2.30 bits per heavy atom. The van der Waals surface area contributed by atoms with E-state index in [9.17, 15) is 4.79 Å². The second-order valence-electron chi connectivity index (χ2n) is 6.31. The van der Waals surface area contributed by atoms with E-state index >= 15 is 0 Å². The molecule has 2 aliphatic heterocycles. The summed E-state index contributed by atoms with van der Waals surface area (Å²) in [7, 11) is 4.25. The molecule has 3 nitrogen and oxygen atoms in total. The maximum absolute atomic E-state index is 13.0. The molecule has 0 saturated heterocycles. The number of carbonyl (C=O) groups excluding carboxylic acids is 1. The van der Waals surface area contributed by atoms with Gasteiger partial charge in [0.15, 0.2) is 5.78 Å². The third kappa shape index (κ3) is 1.62. The number of hydrogen-bond acceptors (Lipinski definition) is 3. The van der Waals surface area contributed by atoms with Crippen molar-refractivity contribution in [2.75, 3.05) is 14.1 Å². The second kappa shape index (κ2) is 4.51. The maximum Gasteiger partial charge on any atom is 0.190 e. The normalized spacial score (nSPS) is 27.2. The van der Waals surface area contributed by atoms with Crippen molar-refractivity contribution in [2.45, 2.75) is 52.6 Å². The summed E-state index contributed by atoms with van der Waals surface area (Å²) < 4.78 is 0. The standard InChI is InChI=1S/C17H24N2O/c1-10-11(2)15-16(20)13-8-6-7-9-14(13)19(5)17(15)18(4)12(10)3/h17H,6-9H2,1-5H3. The van der Waals surface area contributed by atoms with Gasteiger partial charge in [0.2, 0.25) is 0 Å². The predicted octanol–water partition coefficient (Wildman–Crippen LogP) is 3.21. The first-order valence-corrected chi connectivity index (χ1v) is 7.56. The smallest absolute Gasteiger partial charge is 0.190 e. The van der Waals surface area contributed by atoms with E-state index in [-0.39, 0.29) is 6.17 Å². The summed E-state index contributed by atoms with van der Waals surface area (Å²) in [6, 6.07) is 0. The van der Waals surface area contributed by atoms with Crippen LogP contribution in [0.4, 0.5) is 0 Å². The number of hydrogen-bond donors (Lipinski definition) is 0. The average molecular weight is 272 g/mol. The molecule has 1 atom stereocenters. The number of Topliss-reactive ketones (excluding diaryl/α,β-unsaturated/α-hetero) is 1. The fraction of sp³-hybridized carbons (Fsp3) is 0.588. The number of carbonyl (C=O) groups is 1. The van der Waals surface area contributed by atoms with Gasteiger partial charge in [0, 0.05) is 36.6 Å². The van der Waals surface area contributed by atoms with Gasteiger partial charge in [-0.25, -0.2) is 0 Å². The lowest BCUT2D eigenvalue weighted by atomic mass is 9.80. The summed E-state index contributed by atoms with van der Waals surface area (Å²) in [5, 5.41) is 0. The molecule has 0 N–H and O–H groups in total. The molecule has 0 saturated carbocycles. The van der Waals surface area contributed by atoms with Crippen molar-refractivity contribution in [2.24, 2.45) is 0 Å². The Kier molecular flexibility index (Phi) is 3.03. The molecule has 0 radical (unpaired) electrons. The highest BCUT2D eigenvalue weighted by Gasteiger charge is 2.42. The molecular weight excluding hydrogens is 248 g/mol. The molecule has 1 unspecified atom stereocenters. The van der Waals surface area contributed by atoms with Gasteiger partial charge in [0.05, 0.1) is 0 Å². The Bertz CT molecular complexity index is 580. The molecule has 0 aromatic carbocycles. The molecule has 3 rings (SSSR count). The maximum atomic E-state index is 13.0. The van der Waals surface area contributed by atoms with Crippen LogP contribution in [0.2, 0.25) is 0 Å². The van der Waals surface area contributed by atoms with Crippen LogP contribution < -0.4 is 0 Å². The molecule has 0 aromatic rings. The van der Waals surface area contributed by atoms with Crippen molar-refractivity contribution < 1.29 is 4.79 Å². The summed E-state index contributed by atoms with van der Waals surface area (Å²) in [4.78, 5) is 17.6. The van der Waals surface area contributed by atoms with Gasteiger partial charge in [-0.15, -0.1) is 0 Å². The Hall–Kier alpha value is -1.51. The summed E-state index contributed by atoms with van der Waals surface area (Å²) in [6.45, 7) is 6.38. The highest BCUT2D eigenvalue weighted by atomic mass is 16.1. The molecule has 1 aliphatic carbocycles. The fourth-order valence-electron chi connectivity index (χ4n) is 3.88. The molecule has 0 bridgehead atoms. The van der Waals surface area contributed by atoms with Crippen LogP contribution in [-0.4, -0.2) is 35.8 Å². The SMILES string of the molecule is CC1=C2C(=O)C3=C(CCCC3)N(C)C2N(C)C(C)=C1C. The van der Waals surface area contributed by atoms with Gasteiger partial charge in [-0.2, -0.15) is 0 Å². The quantitative estimate of drug-likeness (QED) is 0.676. The van der Waals surface area contributed by atoms with Crippen LogP contribution in [0.3, 0.4) is 0 Å². The molecule has 0 spiro atoms. The number of ketones is 1. The first-order valence-electron chi connectivity index (χ1n) is 7.56. The van der Waals surface area contributed by atoms with Gasteiger partial charge in [-0.3, -0.25) is 4.79 Å². The third-order valence-electron chi connectivity index (χ3n) is 5.41. The van der Waals surface area contributed by atoms with Gasteiger partial charge in [-0.05, 0) is 57.6 Å². The van der Waals surface area contributed by atoms with Crippen LogP contribution in [0.1, 0.15) is 46.5 Å². The minimum absolute atomic E-state index is 0.0862. The number of allylic oxidation sites excluding steroid dienone is 5. The largest absolute Gasteiger partial charge is 0.354 e. The number of nitrogens with zero attached hydrogens (tertiary/aromatic N) is 2. The van der Waals surface area contributed by atoms with E-state index in [1.807, 2.05) is 0 Å². The topological polar surface area (TPSA) is 23.6 Å². The molecule has 0 aromatic heterocycles. The van der Waals surface area contributed by atoms with Crippen LogP contribution in [0, 0.1) is 0 Å². The highest BCUT2D eigenvalue weighted by Crippen LogP contribution is 2.42. The van der Waals surface area contributed by atoms with Crippen molar-refractivity contribution >= 4 is 5.78 Å². The minimum Gasteiger partial charge on any atom is -0.354 e. The van der Waals surface area contributed by atoms with Gasteiger partial charge in [-0.1, -0.05) is 0 Å². The molecule has 0 amide bonds. The van der Waals surface area contributed by atoms with E-state index in [1.165, 1.54) is 29.0 Å². The Morgan fingerprint density at radius 1 is 0.950 bits per heavy atom. The van der Waals surface area contributed by atoms with Crippen molar-refractivity contribution in [3.05, 3.63) is 33.7 Å². The molecule has 108 valence electrons. The summed E-state index contributed by atoms with van der Waals surface area (Å²) in [5.74, 6) is 0.305. The van der Waals surface area contributed by atoms with Crippen LogP contribution in [-0.2, 0) is 4.79 Å². The van der Waals surface area contributed by atoms with E-state index in [4.69, 9.17) is 0 Å². The molecule has 3 aliphatic rings. The van der Waals surface area contributed by atoms with Gasteiger partial charge in [0.25, 0.3) is 0 Å². The van der Waals surface area contributed by atoms with Gasteiger partial charge >= 0.3 is 0 Å². The molecule has 2 heterocycles. The first-order chi connectivity index (χ1) is 9.45. The van der Waals surface area contributed by atoms with E-state index in [0.29, 0.717) is 5.78 Å². The zero-order chi connectivity index (χ0) is 14.6. The van der Waals surface area contributed by atoms with Gasteiger partial charge in [0.1, 0.15) is 6.17 Å². The van der Waals surface area contributed by atoms with E-state index in [2.05, 4.69) is 44.7 Å². The van der Waals surface area contributed by atoms with Crippen LogP contribution in [0.15, 0.2) is 33.7 Å². The van der Waals surface area contributed by atoms with E-state index in [1.54, 1.807) is 0 Å². The molecule has 3 heteroatoms.